The van der Waals surface area contributed by atoms with Crippen molar-refractivity contribution >= 4 is 41.5 Å². The zero-order valence-corrected chi connectivity index (χ0v) is 25.9. The summed E-state index contributed by atoms with van der Waals surface area (Å²) >= 11 is 0. The summed E-state index contributed by atoms with van der Waals surface area (Å²) in [6, 6.07) is 15.0. The van der Waals surface area contributed by atoms with Gasteiger partial charge in [0.1, 0.15) is 35.3 Å². The zero-order chi connectivity index (χ0) is 30.5. The first-order valence-corrected chi connectivity index (χ1v) is 15.6. The summed E-state index contributed by atoms with van der Waals surface area (Å²) in [4.78, 5) is 22.1. The van der Waals surface area contributed by atoms with Gasteiger partial charge in [-0.2, -0.15) is 5.09 Å². The first kappa shape index (κ1) is 31.4. The maximum absolute atomic E-state index is 14.2. The van der Waals surface area contributed by atoms with E-state index in [9.17, 15) is 9.36 Å². The van der Waals surface area contributed by atoms with Gasteiger partial charge in [0.25, 0.3) is 0 Å². The molecule has 0 aliphatic carbocycles. The van der Waals surface area contributed by atoms with E-state index in [0.29, 0.717) is 35.9 Å². The van der Waals surface area contributed by atoms with Crippen LogP contribution in [0, 0.1) is 0 Å². The number of imidazole rings is 1. The molecule has 0 bridgehead atoms. The summed E-state index contributed by atoms with van der Waals surface area (Å²) < 4.78 is 39.4. The quantitative estimate of drug-likeness (QED) is 0.136. The van der Waals surface area contributed by atoms with E-state index in [2.05, 4.69) is 10.1 Å². The van der Waals surface area contributed by atoms with E-state index in [1.807, 2.05) is 48.7 Å². The number of nitrogens with two attached hydrogens (primary N) is 1. The predicted molar refractivity (Wildman–Crippen MR) is 163 cm³/mol. The van der Waals surface area contributed by atoms with Crippen molar-refractivity contribution in [3.8, 4) is 5.75 Å². The SMILES string of the molecule is CCOCc1nc2c(N)nc3ccccc3c2n1[C@H](CC)CO[P@@](=O)(N[C@@H](C)C(=O)OC(C)(C)C)Oc1ccccc1. The summed E-state index contributed by atoms with van der Waals surface area (Å²) in [5, 5.41) is 3.64. The smallest absolute Gasteiger partial charge is 0.459 e. The van der Waals surface area contributed by atoms with Crippen molar-refractivity contribution in [2.75, 3.05) is 18.9 Å². The molecule has 2 aromatic carbocycles. The van der Waals surface area contributed by atoms with E-state index in [-0.39, 0.29) is 19.3 Å². The molecule has 0 radical (unpaired) electrons. The molecule has 0 aliphatic heterocycles. The van der Waals surface area contributed by atoms with Gasteiger partial charge in [-0.15, -0.1) is 0 Å². The normalized spacial score (nSPS) is 14.9. The first-order chi connectivity index (χ1) is 19.9. The third-order valence-electron chi connectivity index (χ3n) is 6.42. The van der Waals surface area contributed by atoms with Gasteiger partial charge in [-0.1, -0.05) is 43.3 Å². The van der Waals surface area contributed by atoms with Crippen LogP contribution in [0.3, 0.4) is 0 Å². The van der Waals surface area contributed by atoms with Gasteiger partial charge in [-0.05, 0) is 59.2 Å². The molecule has 3 atom stereocenters. The molecule has 0 saturated carbocycles. The summed E-state index contributed by atoms with van der Waals surface area (Å²) in [6.07, 6.45) is 0.591. The fourth-order valence-electron chi connectivity index (χ4n) is 4.51. The minimum absolute atomic E-state index is 0.0320. The molecule has 0 fully saturated rings. The standard InChI is InChI=1S/C30H40N5O6P/c1-7-21(35-25(19-38-8-2)33-26-27(35)23-16-12-13-17-24(23)32-28(26)31)18-39-42(37,41-22-14-10-9-11-15-22)34-20(3)29(36)40-30(4,5)6/h9-17,20-21H,7-8,18-19H2,1-6H3,(H2,31,32)(H,34,37)/t20-,21+,42-/m0/s1. The predicted octanol–water partition coefficient (Wildman–Crippen LogP) is 6.18. The van der Waals surface area contributed by atoms with Gasteiger partial charge in [0.2, 0.25) is 0 Å². The molecule has 2 heterocycles. The van der Waals surface area contributed by atoms with Crippen LogP contribution in [-0.4, -0.2) is 45.4 Å². The lowest BCUT2D eigenvalue weighted by atomic mass is 10.1. The number of para-hydroxylation sites is 2. The maximum Gasteiger partial charge on any atom is 0.459 e. The molecular formula is C30H40N5O6P. The van der Waals surface area contributed by atoms with Crippen LogP contribution >= 0.6 is 7.75 Å². The molecule has 4 aromatic rings. The Labute approximate surface area is 246 Å². The van der Waals surface area contributed by atoms with E-state index in [0.717, 1.165) is 16.4 Å². The number of esters is 1. The van der Waals surface area contributed by atoms with Gasteiger partial charge >= 0.3 is 13.7 Å². The summed E-state index contributed by atoms with van der Waals surface area (Å²) in [5.41, 5.74) is 7.71. The number of carbonyl (C=O) groups excluding carboxylic acids is 1. The van der Waals surface area contributed by atoms with Crippen LogP contribution in [-0.2, 0) is 30.0 Å². The van der Waals surface area contributed by atoms with Crippen LogP contribution in [0.2, 0.25) is 0 Å². The molecular weight excluding hydrogens is 557 g/mol. The number of nitrogens with zero attached hydrogens (tertiary/aromatic N) is 3. The lowest BCUT2D eigenvalue weighted by molar-refractivity contribution is -0.156. The summed E-state index contributed by atoms with van der Waals surface area (Å²) in [7, 11) is -4.09. The van der Waals surface area contributed by atoms with Crippen LogP contribution in [0.1, 0.15) is 59.8 Å². The third kappa shape index (κ3) is 7.46. The second-order valence-electron chi connectivity index (χ2n) is 10.9. The molecule has 42 heavy (non-hydrogen) atoms. The molecule has 12 heteroatoms. The number of benzene rings is 2. The number of nitrogen functional groups attached to an aromatic ring is 1. The van der Waals surface area contributed by atoms with Crippen molar-refractivity contribution in [1.29, 1.82) is 0 Å². The number of aromatic nitrogens is 3. The Hall–Kier alpha value is -3.50. The van der Waals surface area contributed by atoms with Crippen molar-refractivity contribution in [1.82, 2.24) is 19.6 Å². The maximum atomic E-state index is 14.2. The van der Waals surface area contributed by atoms with Gasteiger partial charge in [-0.25, -0.2) is 14.5 Å². The Morgan fingerprint density at radius 3 is 2.43 bits per heavy atom. The molecule has 4 rings (SSSR count). The van der Waals surface area contributed by atoms with Crippen molar-refractivity contribution in [2.24, 2.45) is 0 Å². The number of hydrogen-bond donors (Lipinski definition) is 2. The number of hydrogen-bond acceptors (Lipinski definition) is 9. The topological polar surface area (TPSA) is 140 Å². The number of nitrogens with one attached hydrogen (secondary N) is 1. The lowest BCUT2D eigenvalue weighted by Crippen LogP contribution is -2.39. The Morgan fingerprint density at radius 1 is 1.07 bits per heavy atom. The van der Waals surface area contributed by atoms with E-state index in [1.165, 1.54) is 0 Å². The number of anilines is 1. The van der Waals surface area contributed by atoms with Crippen LogP contribution < -0.4 is 15.3 Å². The molecule has 226 valence electrons. The lowest BCUT2D eigenvalue weighted by Gasteiger charge is -2.27. The molecule has 0 spiro atoms. The Morgan fingerprint density at radius 2 is 1.76 bits per heavy atom. The Balaban J connectivity index is 1.71. The fourth-order valence-corrected chi connectivity index (χ4v) is 6.03. The minimum atomic E-state index is -4.09. The largest absolute Gasteiger partial charge is 0.459 e. The Bertz CT molecular complexity index is 1570. The zero-order valence-electron chi connectivity index (χ0n) is 25.0. The monoisotopic (exact) mass is 597 g/mol. The van der Waals surface area contributed by atoms with Crippen molar-refractivity contribution in [2.45, 2.75) is 72.3 Å². The van der Waals surface area contributed by atoms with E-state index < -0.39 is 25.4 Å². The van der Waals surface area contributed by atoms with E-state index in [1.54, 1.807) is 52.0 Å². The molecule has 0 amide bonds. The Kier molecular flexibility index (Phi) is 9.89. The minimum Gasteiger partial charge on any atom is -0.459 e. The number of ether oxygens (including phenoxy) is 2. The first-order valence-electron chi connectivity index (χ1n) is 14.1. The van der Waals surface area contributed by atoms with Gasteiger partial charge in [0, 0.05) is 12.0 Å². The average Bonchev–Trinajstić information content (AvgIpc) is 3.32. The molecule has 11 nitrogen and oxygen atoms in total. The van der Waals surface area contributed by atoms with E-state index in [4.69, 9.17) is 29.2 Å². The van der Waals surface area contributed by atoms with Crippen LogP contribution in [0.5, 0.6) is 5.75 Å². The van der Waals surface area contributed by atoms with Gasteiger partial charge in [-0.3, -0.25) is 9.32 Å². The fraction of sp³-hybridized carbons (Fsp3) is 0.433. The molecule has 3 N–H and O–H groups in total. The molecule has 0 unspecified atom stereocenters. The third-order valence-corrected chi connectivity index (χ3v) is 8.06. The van der Waals surface area contributed by atoms with Crippen molar-refractivity contribution < 1.29 is 27.9 Å². The summed E-state index contributed by atoms with van der Waals surface area (Å²) in [6.45, 7) is 11.5. The van der Waals surface area contributed by atoms with Crippen molar-refractivity contribution in [3.05, 3.63) is 60.4 Å². The molecule has 0 aliphatic rings. The highest BCUT2D eigenvalue weighted by Gasteiger charge is 2.35. The van der Waals surface area contributed by atoms with Crippen LogP contribution in [0.4, 0.5) is 5.82 Å². The summed E-state index contributed by atoms with van der Waals surface area (Å²) in [5.74, 6) is 0.694. The average molecular weight is 598 g/mol. The van der Waals surface area contributed by atoms with Gasteiger partial charge in [0.15, 0.2) is 5.82 Å². The second-order valence-corrected chi connectivity index (χ2v) is 12.6. The highest BCUT2D eigenvalue weighted by molar-refractivity contribution is 7.52. The van der Waals surface area contributed by atoms with Gasteiger partial charge in [0.05, 0.1) is 23.7 Å². The number of pyridine rings is 1. The van der Waals surface area contributed by atoms with Gasteiger partial charge < -0.3 is 24.3 Å². The number of rotatable bonds is 13. The number of carbonyl (C=O) groups is 1. The highest BCUT2D eigenvalue weighted by atomic mass is 31.2. The van der Waals surface area contributed by atoms with Crippen LogP contribution in [0.15, 0.2) is 54.6 Å². The van der Waals surface area contributed by atoms with Crippen molar-refractivity contribution in [3.63, 3.8) is 0 Å². The van der Waals surface area contributed by atoms with E-state index >= 15 is 0 Å². The van der Waals surface area contributed by atoms with Crippen LogP contribution in [0.25, 0.3) is 21.9 Å². The number of fused-ring (bicyclic) bond motifs is 3. The molecule has 2 aromatic heterocycles. The molecule has 0 saturated heterocycles. The second kappa shape index (κ2) is 13.2. The highest BCUT2D eigenvalue weighted by Crippen LogP contribution is 2.46.